The summed E-state index contributed by atoms with van der Waals surface area (Å²) in [4.78, 5) is 22.7. The van der Waals surface area contributed by atoms with E-state index in [-0.39, 0.29) is 5.56 Å². The van der Waals surface area contributed by atoms with Gasteiger partial charge in [-0.25, -0.2) is 4.98 Å². The monoisotopic (exact) mass is 283 g/mol. The largest absolute Gasteiger partial charge is 0.355 e. The fourth-order valence-corrected chi connectivity index (χ4v) is 5.83. The molecule has 110 valence electrons. The molecule has 0 atom stereocenters. The highest BCUT2D eigenvalue weighted by Crippen LogP contribution is 2.60. The highest BCUT2D eigenvalue weighted by molar-refractivity contribution is 5.78. The Morgan fingerprint density at radius 2 is 1.76 bits per heavy atom. The molecular formula is C17H21N3O. The molecule has 2 aromatic heterocycles. The van der Waals surface area contributed by atoms with Crippen LogP contribution in [-0.4, -0.2) is 15.0 Å². The van der Waals surface area contributed by atoms with Crippen molar-refractivity contribution in [3.05, 3.63) is 27.9 Å². The summed E-state index contributed by atoms with van der Waals surface area (Å²) in [6, 6.07) is 0. The lowest BCUT2D eigenvalue weighted by atomic mass is 9.51. The van der Waals surface area contributed by atoms with Crippen LogP contribution in [0.25, 0.3) is 11.0 Å². The topological polar surface area (TPSA) is 61.5 Å². The second-order valence-electron chi connectivity index (χ2n) is 7.58. The van der Waals surface area contributed by atoms with E-state index >= 15 is 0 Å². The summed E-state index contributed by atoms with van der Waals surface area (Å²) in [7, 11) is 0. The van der Waals surface area contributed by atoms with Crippen molar-refractivity contribution in [2.75, 3.05) is 0 Å². The fourth-order valence-electron chi connectivity index (χ4n) is 5.83. The standard InChI is InChI=1S/C17H21N3O/c1-8-19-15-13(7-18-16(15)17(21)20-8)14-11-3-9-2-10(5-11)6-12(14)4-9/h7,9-12,14,18H,2-6H2,1H3,(H,19,20,21). The summed E-state index contributed by atoms with van der Waals surface area (Å²) in [6.07, 6.45) is 9.13. The maximum atomic E-state index is 12.1. The fraction of sp³-hybridized carbons (Fsp3) is 0.647. The third kappa shape index (κ3) is 1.62. The molecule has 0 radical (unpaired) electrons. The molecule has 0 aromatic carbocycles. The Balaban J connectivity index is 1.66. The lowest BCUT2D eigenvalue weighted by molar-refractivity contribution is -0.00236. The van der Waals surface area contributed by atoms with Crippen molar-refractivity contribution < 1.29 is 0 Å². The van der Waals surface area contributed by atoms with Gasteiger partial charge >= 0.3 is 0 Å². The second-order valence-corrected chi connectivity index (χ2v) is 7.58. The van der Waals surface area contributed by atoms with E-state index in [0.717, 1.165) is 35.0 Å². The van der Waals surface area contributed by atoms with Gasteiger partial charge in [0.25, 0.3) is 5.56 Å². The van der Waals surface area contributed by atoms with Crippen LogP contribution in [0.5, 0.6) is 0 Å². The molecule has 4 saturated carbocycles. The molecule has 4 nitrogen and oxygen atoms in total. The maximum Gasteiger partial charge on any atom is 0.275 e. The Kier molecular flexibility index (Phi) is 2.28. The van der Waals surface area contributed by atoms with Crippen molar-refractivity contribution in [3.63, 3.8) is 0 Å². The number of aryl methyl sites for hydroxylation is 1. The number of hydrogen-bond donors (Lipinski definition) is 2. The van der Waals surface area contributed by atoms with Gasteiger partial charge in [-0.05, 0) is 74.2 Å². The minimum absolute atomic E-state index is 0.0347. The summed E-state index contributed by atoms with van der Waals surface area (Å²) < 4.78 is 0. The van der Waals surface area contributed by atoms with Crippen molar-refractivity contribution in [2.24, 2.45) is 23.7 Å². The summed E-state index contributed by atoms with van der Waals surface area (Å²) in [6.45, 7) is 1.87. The van der Waals surface area contributed by atoms with E-state index in [2.05, 4.69) is 21.1 Å². The van der Waals surface area contributed by atoms with Gasteiger partial charge in [0.15, 0.2) is 0 Å². The predicted octanol–water partition coefficient (Wildman–Crippen LogP) is 3.10. The molecule has 4 aliphatic carbocycles. The Bertz CT molecular complexity index is 744. The van der Waals surface area contributed by atoms with Gasteiger partial charge in [-0.1, -0.05) is 0 Å². The first kappa shape index (κ1) is 12.0. The SMILES string of the molecule is Cc1nc2c(C3C4CC5CC(C4)CC3C5)c[nH]c2c(=O)[nH]1. The van der Waals surface area contributed by atoms with Crippen LogP contribution < -0.4 is 5.56 Å². The van der Waals surface area contributed by atoms with Crippen LogP contribution in [0.1, 0.15) is 49.4 Å². The van der Waals surface area contributed by atoms with Crippen molar-refractivity contribution >= 4 is 11.0 Å². The van der Waals surface area contributed by atoms with Crippen molar-refractivity contribution in [1.82, 2.24) is 15.0 Å². The van der Waals surface area contributed by atoms with Crippen LogP contribution in [-0.2, 0) is 0 Å². The van der Waals surface area contributed by atoms with E-state index in [1.54, 1.807) is 0 Å². The molecule has 4 bridgehead atoms. The zero-order chi connectivity index (χ0) is 14.1. The number of nitrogens with zero attached hydrogens (tertiary/aromatic N) is 1. The zero-order valence-electron chi connectivity index (χ0n) is 12.4. The molecule has 4 heteroatoms. The van der Waals surface area contributed by atoms with E-state index < -0.39 is 0 Å². The minimum Gasteiger partial charge on any atom is -0.355 e. The van der Waals surface area contributed by atoms with Gasteiger partial charge in [0.1, 0.15) is 11.3 Å². The van der Waals surface area contributed by atoms with Crippen LogP contribution in [0.3, 0.4) is 0 Å². The van der Waals surface area contributed by atoms with Crippen LogP contribution >= 0.6 is 0 Å². The zero-order valence-corrected chi connectivity index (χ0v) is 12.4. The number of fused-ring (bicyclic) bond motifs is 1. The molecular weight excluding hydrogens is 262 g/mol. The quantitative estimate of drug-likeness (QED) is 0.844. The van der Waals surface area contributed by atoms with Crippen LogP contribution in [0.2, 0.25) is 0 Å². The van der Waals surface area contributed by atoms with Gasteiger partial charge in [-0.2, -0.15) is 0 Å². The Morgan fingerprint density at radius 1 is 1.10 bits per heavy atom. The number of aromatic amines is 2. The molecule has 6 rings (SSSR count). The molecule has 4 aliphatic rings. The molecule has 2 N–H and O–H groups in total. The maximum absolute atomic E-state index is 12.1. The first-order chi connectivity index (χ1) is 10.2. The minimum atomic E-state index is -0.0347. The molecule has 0 aliphatic heterocycles. The lowest BCUT2D eigenvalue weighted by Gasteiger charge is -2.54. The third-order valence-electron chi connectivity index (χ3n) is 6.27. The van der Waals surface area contributed by atoms with Crippen molar-refractivity contribution in [2.45, 2.75) is 44.9 Å². The molecule has 21 heavy (non-hydrogen) atoms. The van der Waals surface area contributed by atoms with Crippen LogP contribution in [0, 0.1) is 30.6 Å². The highest BCUT2D eigenvalue weighted by Gasteiger charge is 2.49. The lowest BCUT2D eigenvalue weighted by Crippen LogP contribution is -2.43. The summed E-state index contributed by atoms with van der Waals surface area (Å²) >= 11 is 0. The molecule has 4 fully saturated rings. The average Bonchev–Trinajstić information content (AvgIpc) is 2.81. The summed E-state index contributed by atoms with van der Waals surface area (Å²) in [5, 5.41) is 0. The van der Waals surface area contributed by atoms with Gasteiger partial charge in [0, 0.05) is 6.20 Å². The Labute approximate surface area is 123 Å². The molecule has 2 aromatic rings. The van der Waals surface area contributed by atoms with E-state index in [1.165, 1.54) is 37.7 Å². The van der Waals surface area contributed by atoms with Gasteiger partial charge in [0.05, 0.1) is 5.52 Å². The number of H-pyrrole nitrogens is 2. The molecule has 0 saturated heterocycles. The third-order valence-corrected chi connectivity index (χ3v) is 6.27. The van der Waals surface area contributed by atoms with Gasteiger partial charge in [-0.3, -0.25) is 4.79 Å². The van der Waals surface area contributed by atoms with Gasteiger partial charge in [-0.15, -0.1) is 0 Å². The highest BCUT2D eigenvalue weighted by atomic mass is 16.1. The van der Waals surface area contributed by atoms with Crippen LogP contribution in [0.4, 0.5) is 0 Å². The summed E-state index contributed by atoms with van der Waals surface area (Å²) in [5.74, 6) is 4.94. The van der Waals surface area contributed by atoms with E-state index in [4.69, 9.17) is 0 Å². The summed E-state index contributed by atoms with van der Waals surface area (Å²) in [5.41, 5.74) is 2.86. The Hall–Kier alpha value is -1.58. The number of aromatic nitrogens is 3. The molecule has 0 unspecified atom stereocenters. The normalized spacial score (nSPS) is 37.5. The molecule has 0 amide bonds. The average molecular weight is 283 g/mol. The van der Waals surface area contributed by atoms with E-state index in [9.17, 15) is 4.79 Å². The number of nitrogens with one attached hydrogen (secondary N) is 2. The Morgan fingerprint density at radius 3 is 2.43 bits per heavy atom. The first-order valence-electron chi connectivity index (χ1n) is 8.27. The van der Waals surface area contributed by atoms with E-state index in [1.807, 2.05) is 6.92 Å². The molecule has 0 spiro atoms. The van der Waals surface area contributed by atoms with Crippen molar-refractivity contribution in [1.29, 1.82) is 0 Å². The van der Waals surface area contributed by atoms with Crippen molar-refractivity contribution in [3.8, 4) is 0 Å². The van der Waals surface area contributed by atoms with Gasteiger partial charge < -0.3 is 9.97 Å². The van der Waals surface area contributed by atoms with E-state index in [0.29, 0.717) is 11.4 Å². The number of rotatable bonds is 1. The van der Waals surface area contributed by atoms with Gasteiger partial charge in [0.2, 0.25) is 0 Å². The molecule has 2 heterocycles. The number of hydrogen-bond acceptors (Lipinski definition) is 2. The smallest absolute Gasteiger partial charge is 0.275 e. The second kappa shape index (κ2) is 3.99. The first-order valence-corrected chi connectivity index (χ1v) is 8.27. The van der Waals surface area contributed by atoms with Crippen LogP contribution in [0.15, 0.2) is 11.0 Å². The predicted molar refractivity (Wildman–Crippen MR) is 81.2 cm³/mol.